The Morgan fingerprint density at radius 3 is 3.04 bits per heavy atom. The summed E-state index contributed by atoms with van der Waals surface area (Å²) >= 11 is 0. The number of urea groups is 1. The molecular formula is C21H30FN3O2. The first-order valence-electron chi connectivity index (χ1n) is 9.93. The van der Waals surface area contributed by atoms with Crippen LogP contribution in [0.2, 0.25) is 0 Å². The van der Waals surface area contributed by atoms with Crippen LogP contribution >= 0.6 is 0 Å². The van der Waals surface area contributed by atoms with E-state index in [1.165, 1.54) is 6.07 Å². The molecule has 2 amide bonds. The van der Waals surface area contributed by atoms with Crippen molar-refractivity contribution in [2.75, 3.05) is 19.7 Å². The number of hydrogen-bond donors (Lipinski definition) is 3. The van der Waals surface area contributed by atoms with E-state index in [0.29, 0.717) is 24.9 Å². The molecule has 1 saturated heterocycles. The summed E-state index contributed by atoms with van der Waals surface area (Å²) in [6.45, 7) is 6.39. The Morgan fingerprint density at radius 2 is 2.22 bits per heavy atom. The molecule has 0 saturated carbocycles. The Morgan fingerprint density at radius 1 is 1.37 bits per heavy atom. The second kappa shape index (κ2) is 9.22. The van der Waals surface area contributed by atoms with Crippen molar-refractivity contribution in [3.8, 4) is 0 Å². The standard InChI is InChI=1S/C21H30FN3O2/c1-14(2)20-16(6-4-10-27-20)13-25-21(26)23-9-3-5-15-12-24-19-8-7-17(22)11-18(15)19/h7-8,11-12,14,16,20,24H,3-6,9-10,13H2,1-2H3,(H2,23,25,26). The van der Waals surface area contributed by atoms with Crippen molar-refractivity contribution in [2.24, 2.45) is 11.8 Å². The molecule has 1 aliphatic rings. The first-order valence-corrected chi connectivity index (χ1v) is 9.93. The molecule has 1 aromatic carbocycles. The minimum absolute atomic E-state index is 0.131. The number of amides is 2. The molecule has 2 aromatic rings. The van der Waals surface area contributed by atoms with Crippen LogP contribution in [-0.2, 0) is 11.2 Å². The van der Waals surface area contributed by atoms with E-state index in [2.05, 4.69) is 29.5 Å². The Balaban J connectivity index is 1.38. The van der Waals surface area contributed by atoms with Crippen molar-refractivity contribution in [3.63, 3.8) is 0 Å². The number of hydrogen-bond acceptors (Lipinski definition) is 2. The largest absolute Gasteiger partial charge is 0.378 e. The van der Waals surface area contributed by atoms with Gasteiger partial charge >= 0.3 is 6.03 Å². The maximum atomic E-state index is 13.4. The molecule has 2 atom stereocenters. The number of aromatic nitrogens is 1. The number of ether oxygens (including phenoxy) is 1. The molecule has 2 heterocycles. The van der Waals surface area contributed by atoms with Gasteiger partial charge in [0.15, 0.2) is 0 Å². The van der Waals surface area contributed by atoms with Gasteiger partial charge in [-0.1, -0.05) is 13.8 Å². The van der Waals surface area contributed by atoms with E-state index in [0.717, 1.165) is 48.8 Å². The zero-order valence-electron chi connectivity index (χ0n) is 16.2. The smallest absolute Gasteiger partial charge is 0.314 e. The van der Waals surface area contributed by atoms with Crippen molar-refractivity contribution >= 4 is 16.9 Å². The summed E-state index contributed by atoms with van der Waals surface area (Å²) in [4.78, 5) is 15.2. The quantitative estimate of drug-likeness (QED) is 0.641. The fraction of sp³-hybridized carbons (Fsp3) is 0.571. The lowest BCUT2D eigenvalue weighted by atomic mass is 9.87. The molecule has 1 aromatic heterocycles. The van der Waals surface area contributed by atoms with Crippen LogP contribution in [-0.4, -0.2) is 36.8 Å². The second-order valence-corrected chi connectivity index (χ2v) is 7.73. The average molecular weight is 375 g/mol. The lowest BCUT2D eigenvalue weighted by Gasteiger charge is -2.34. The Kier molecular flexibility index (Phi) is 6.72. The van der Waals surface area contributed by atoms with E-state index < -0.39 is 0 Å². The van der Waals surface area contributed by atoms with Crippen LogP contribution < -0.4 is 10.6 Å². The lowest BCUT2D eigenvalue weighted by molar-refractivity contribution is -0.0508. The molecule has 0 spiro atoms. The van der Waals surface area contributed by atoms with E-state index in [-0.39, 0.29) is 18.0 Å². The van der Waals surface area contributed by atoms with Gasteiger partial charge in [-0.3, -0.25) is 0 Å². The second-order valence-electron chi connectivity index (χ2n) is 7.73. The Bertz CT molecular complexity index is 759. The predicted molar refractivity (Wildman–Crippen MR) is 105 cm³/mol. The van der Waals surface area contributed by atoms with E-state index in [9.17, 15) is 9.18 Å². The van der Waals surface area contributed by atoms with Crippen LogP contribution in [0.4, 0.5) is 9.18 Å². The number of nitrogens with one attached hydrogen (secondary N) is 3. The van der Waals surface area contributed by atoms with Crippen molar-refractivity contribution in [1.29, 1.82) is 0 Å². The first kappa shape index (κ1) is 19.7. The fourth-order valence-electron chi connectivity index (χ4n) is 3.94. The Hall–Kier alpha value is -2.08. The molecule has 148 valence electrons. The summed E-state index contributed by atoms with van der Waals surface area (Å²) in [5.41, 5.74) is 2.01. The third-order valence-electron chi connectivity index (χ3n) is 5.31. The molecule has 0 radical (unpaired) electrons. The minimum Gasteiger partial charge on any atom is -0.378 e. The van der Waals surface area contributed by atoms with E-state index >= 15 is 0 Å². The number of H-pyrrole nitrogens is 1. The summed E-state index contributed by atoms with van der Waals surface area (Å²) in [7, 11) is 0. The first-order chi connectivity index (χ1) is 13.0. The van der Waals surface area contributed by atoms with E-state index in [1.54, 1.807) is 12.1 Å². The summed E-state index contributed by atoms with van der Waals surface area (Å²) in [6, 6.07) is 4.63. The third kappa shape index (κ3) is 5.22. The van der Waals surface area contributed by atoms with Gasteiger partial charge in [-0.2, -0.15) is 0 Å². The van der Waals surface area contributed by atoms with Crippen molar-refractivity contribution in [2.45, 2.75) is 45.6 Å². The van der Waals surface area contributed by atoms with Gasteiger partial charge in [0.2, 0.25) is 0 Å². The lowest BCUT2D eigenvalue weighted by Crippen LogP contribution is -2.44. The maximum Gasteiger partial charge on any atom is 0.314 e. The number of halogens is 1. The highest BCUT2D eigenvalue weighted by Gasteiger charge is 2.28. The molecule has 1 fully saturated rings. The molecule has 2 unspecified atom stereocenters. The summed E-state index contributed by atoms with van der Waals surface area (Å²) in [5, 5.41) is 6.81. The van der Waals surface area contributed by atoms with Gasteiger partial charge in [-0.15, -0.1) is 0 Å². The van der Waals surface area contributed by atoms with Crippen molar-refractivity contribution in [1.82, 2.24) is 15.6 Å². The monoisotopic (exact) mass is 375 g/mol. The summed E-state index contributed by atoms with van der Waals surface area (Å²) < 4.78 is 19.3. The summed E-state index contributed by atoms with van der Waals surface area (Å²) in [5.74, 6) is 0.610. The average Bonchev–Trinajstić information content (AvgIpc) is 3.05. The number of aryl methyl sites for hydroxylation is 1. The number of rotatable bonds is 7. The fourth-order valence-corrected chi connectivity index (χ4v) is 3.94. The number of fused-ring (bicyclic) bond motifs is 1. The van der Waals surface area contributed by atoms with Crippen molar-refractivity contribution < 1.29 is 13.9 Å². The highest BCUT2D eigenvalue weighted by atomic mass is 19.1. The third-order valence-corrected chi connectivity index (χ3v) is 5.31. The molecule has 1 aliphatic heterocycles. The van der Waals surface area contributed by atoms with Crippen LogP contribution in [0, 0.1) is 17.7 Å². The SMILES string of the molecule is CC(C)C1OCCCC1CNC(=O)NCCCc1c[nH]c2ccc(F)cc12. The van der Waals surface area contributed by atoms with Crippen molar-refractivity contribution in [3.05, 3.63) is 35.8 Å². The van der Waals surface area contributed by atoms with Crippen LogP contribution in [0.25, 0.3) is 10.9 Å². The zero-order chi connectivity index (χ0) is 19.2. The van der Waals surface area contributed by atoms with Gasteiger partial charge in [-0.05, 0) is 55.4 Å². The van der Waals surface area contributed by atoms with Gasteiger partial charge in [0.05, 0.1) is 6.10 Å². The van der Waals surface area contributed by atoms with E-state index in [1.807, 2.05) is 6.20 Å². The minimum atomic E-state index is -0.229. The van der Waals surface area contributed by atoms with Gasteiger partial charge in [-0.25, -0.2) is 9.18 Å². The molecule has 0 aliphatic carbocycles. The summed E-state index contributed by atoms with van der Waals surface area (Å²) in [6.07, 6.45) is 5.89. The molecular weight excluding hydrogens is 345 g/mol. The number of carbonyl (C=O) groups excluding carboxylic acids is 1. The van der Waals surface area contributed by atoms with Crippen LogP contribution in [0.1, 0.15) is 38.7 Å². The van der Waals surface area contributed by atoms with Gasteiger partial charge in [0.25, 0.3) is 0 Å². The number of aromatic amines is 1. The molecule has 0 bridgehead atoms. The van der Waals surface area contributed by atoms with Gasteiger partial charge < -0.3 is 20.4 Å². The van der Waals surface area contributed by atoms with Crippen LogP contribution in [0.5, 0.6) is 0 Å². The van der Waals surface area contributed by atoms with Crippen LogP contribution in [0.3, 0.4) is 0 Å². The highest BCUT2D eigenvalue weighted by molar-refractivity contribution is 5.83. The molecule has 3 N–H and O–H groups in total. The van der Waals surface area contributed by atoms with Gasteiger partial charge in [0, 0.05) is 42.7 Å². The van der Waals surface area contributed by atoms with E-state index in [4.69, 9.17) is 4.74 Å². The Labute approximate surface area is 160 Å². The number of benzene rings is 1. The molecule has 6 heteroatoms. The molecule has 27 heavy (non-hydrogen) atoms. The number of carbonyl (C=O) groups is 1. The van der Waals surface area contributed by atoms with Gasteiger partial charge in [0.1, 0.15) is 5.82 Å². The zero-order valence-corrected chi connectivity index (χ0v) is 16.2. The highest BCUT2D eigenvalue weighted by Crippen LogP contribution is 2.25. The molecule has 5 nitrogen and oxygen atoms in total. The predicted octanol–water partition coefficient (Wildman–Crippen LogP) is 3.99. The maximum absolute atomic E-state index is 13.4. The normalized spacial score (nSPS) is 20.1. The topological polar surface area (TPSA) is 66.2 Å². The molecule has 3 rings (SSSR count). The van der Waals surface area contributed by atoms with Crippen LogP contribution in [0.15, 0.2) is 24.4 Å².